The molecule has 2 heteroatoms. The number of ether oxygens (including phenoxy) is 1. The third-order valence-corrected chi connectivity index (χ3v) is 3.13. The van der Waals surface area contributed by atoms with Crippen molar-refractivity contribution >= 4 is 0 Å². The van der Waals surface area contributed by atoms with E-state index in [1.54, 1.807) is 0 Å². The fourth-order valence-electron chi connectivity index (χ4n) is 2.21. The quantitative estimate of drug-likeness (QED) is 0.808. The Labute approximate surface area is 103 Å². The Morgan fingerprint density at radius 1 is 1.29 bits per heavy atom. The van der Waals surface area contributed by atoms with Crippen molar-refractivity contribution in [2.75, 3.05) is 13.2 Å². The van der Waals surface area contributed by atoms with E-state index in [-0.39, 0.29) is 0 Å². The minimum Gasteiger partial charge on any atom is -0.493 e. The van der Waals surface area contributed by atoms with Crippen LogP contribution in [-0.4, -0.2) is 13.2 Å². The van der Waals surface area contributed by atoms with Crippen LogP contribution in [0.3, 0.4) is 0 Å². The van der Waals surface area contributed by atoms with E-state index in [9.17, 15) is 0 Å². The zero-order valence-corrected chi connectivity index (χ0v) is 10.1. The molecular weight excluding hydrogens is 210 g/mol. The van der Waals surface area contributed by atoms with E-state index < -0.39 is 0 Å². The van der Waals surface area contributed by atoms with Crippen LogP contribution in [-0.2, 0) is 0 Å². The summed E-state index contributed by atoms with van der Waals surface area (Å²) in [7, 11) is 0. The van der Waals surface area contributed by atoms with Crippen molar-refractivity contribution in [2.24, 2.45) is 11.7 Å². The maximum atomic E-state index is 5.81. The Morgan fingerprint density at radius 2 is 2.12 bits per heavy atom. The van der Waals surface area contributed by atoms with Crippen LogP contribution in [0.5, 0.6) is 5.75 Å². The van der Waals surface area contributed by atoms with Crippen LogP contribution in [0.2, 0.25) is 0 Å². The van der Waals surface area contributed by atoms with E-state index in [0.717, 1.165) is 23.8 Å². The molecule has 1 aliphatic rings. The van der Waals surface area contributed by atoms with Gasteiger partial charge in [-0.05, 0) is 37.0 Å². The fraction of sp³-hybridized carbons (Fsp3) is 0.467. The molecule has 90 valence electrons. The minimum absolute atomic E-state index is 0.396. The van der Waals surface area contributed by atoms with Gasteiger partial charge in [-0.25, -0.2) is 0 Å². The van der Waals surface area contributed by atoms with E-state index in [0.29, 0.717) is 6.54 Å². The number of nitrogens with two attached hydrogens (primary N) is 1. The molecule has 0 amide bonds. The van der Waals surface area contributed by atoms with Gasteiger partial charge in [0.1, 0.15) is 5.75 Å². The van der Waals surface area contributed by atoms with E-state index in [4.69, 9.17) is 10.5 Å². The van der Waals surface area contributed by atoms with Crippen LogP contribution in [0.4, 0.5) is 0 Å². The second-order valence-corrected chi connectivity index (χ2v) is 4.50. The highest BCUT2D eigenvalue weighted by molar-refractivity contribution is 5.39. The Kier molecular flexibility index (Phi) is 4.46. The van der Waals surface area contributed by atoms with E-state index in [2.05, 4.69) is 11.8 Å². The molecule has 2 nitrogen and oxygen atoms in total. The first kappa shape index (κ1) is 12.0. The molecule has 1 saturated carbocycles. The molecule has 2 N–H and O–H groups in total. The zero-order valence-electron chi connectivity index (χ0n) is 10.1. The molecule has 0 aliphatic heterocycles. The van der Waals surface area contributed by atoms with Gasteiger partial charge in [0.2, 0.25) is 0 Å². The third kappa shape index (κ3) is 3.80. The lowest BCUT2D eigenvalue weighted by Crippen LogP contribution is -2.07. The average Bonchev–Trinajstić information content (AvgIpc) is 2.87. The molecule has 0 saturated heterocycles. The summed E-state index contributed by atoms with van der Waals surface area (Å²) in [5, 5.41) is 0. The summed E-state index contributed by atoms with van der Waals surface area (Å²) < 4.78 is 5.81. The summed E-state index contributed by atoms with van der Waals surface area (Å²) in [6, 6.07) is 7.93. The SMILES string of the molecule is NCC#Cc1cccc(OCC2CCCC2)c1. The molecule has 0 radical (unpaired) electrons. The Balaban J connectivity index is 1.91. The summed E-state index contributed by atoms with van der Waals surface area (Å²) in [5.74, 6) is 7.53. The largest absolute Gasteiger partial charge is 0.493 e. The summed E-state index contributed by atoms with van der Waals surface area (Å²) in [5.41, 5.74) is 6.32. The van der Waals surface area contributed by atoms with Gasteiger partial charge in [-0.1, -0.05) is 30.7 Å². The molecule has 17 heavy (non-hydrogen) atoms. The topological polar surface area (TPSA) is 35.2 Å². The van der Waals surface area contributed by atoms with Crippen molar-refractivity contribution in [3.8, 4) is 17.6 Å². The maximum absolute atomic E-state index is 5.81. The van der Waals surface area contributed by atoms with Crippen LogP contribution >= 0.6 is 0 Å². The summed E-state index contributed by atoms with van der Waals surface area (Å²) in [4.78, 5) is 0. The molecule has 0 aromatic heterocycles. The molecule has 0 heterocycles. The van der Waals surface area contributed by atoms with Crippen molar-refractivity contribution in [1.82, 2.24) is 0 Å². The lowest BCUT2D eigenvalue weighted by molar-refractivity contribution is 0.252. The molecule has 1 aliphatic carbocycles. The van der Waals surface area contributed by atoms with Gasteiger partial charge >= 0.3 is 0 Å². The highest BCUT2D eigenvalue weighted by atomic mass is 16.5. The number of rotatable bonds is 3. The lowest BCUT2D eigenvalue weighted by atomic mass is 10.1. The third-order valence-electron chi connectivity index (χ3n) is 3.13. The van der Waals surface area contributed by atoms with Crippen molar-refractivity contribution in [3.63, 3.8) is 0 Å². The normalized spacial score (nSPS) is 15.4. The van der Waals surface area contributed by atoms with Gasteiger partial charge in [-0.15, -0.1) is 0 Å². The molecule has 1 fully saturated rings. The van der Waals surface area contributed by atoms with Gasteiger partial charge < -0.3 is 10.5 Å². The van der Waals surface area contributed by atoms with Gasteiger partial charge in [-0.2, -0.15) is 0 Å². The van der Waals surface area contributed by atoms with Crippen LogP contribution in [0.1, 0.15) is 31.2 Å². The first-order valence-corrected chi connectivity index (χ1v) is 6.30. The molecule has 0 bridgehead atoms. The predicted octanol–water partition coefficient (Wildman–Crippen LogP) is 2.57. The van der Waals surface area contributed by atoms with Gasteiger partial charge in [0.25, 0.3) is 0 Å². The molecule has 0 spiro atoms. The second kappa shape index (κ2) is 6.32. The highest BCUT2D eigenvalue weighted by Crippen LogP contribution is 2.25. The van der Waals surface area contributed by atoms with Gasteiger partial charge in [0.05, 0.1) is 13.2 Å². The number of benzene rings is 1. The van der Waals surface area contributed by atoms with E-state index >= 15 is 0 Å². The predicted molar refractivity (Wildman–Crippen MR) is 69.8 cm³/mol. The monoisotopic (exact) mass is 229 g/mol. The smallest absolute Gasteiger partial charge is 0.120 e. The van der Waals surface area contributed by atoms with Crippen molar-refractivity contribution in [1.29, 1.82) is 0 Å². The number of hydrogen-bond acceptors (Lipinski definition) is 2. The minimum atomic E-state index is 0.396. The van der Waals surface area contributed by atoms with Crippen LogP contribution in [0.15, 0.2) is 24.3 Å². The maximum Gasteiger partial charge on any atom is 0.120 e. The zero-order chi connectivity index (χ0) is 11.9. The van der Waals surface area contributed by atoms with Crippen molar-refractivity contribution in [2.45, 2.75) is 25.7 Å². The van der Waals surface area contributed by atoms with Crippen molar-refractivity contribution in [3.05, 3.63) is 29.8 Å². The van der Waals surface area contributed by atoms with Crippen LogP contribution < -0.4 is 10.5 Å². The first-order chi connectivity index (χ1) is 8.38. The van der Waals surface area contributed by atoms with Gasteiger partial charge in [-0.3, -0.25) is 0 Å². The van der Waals surface area contributed by atoms with Crippen LogP contribution in [0.25, 0.3) is 0 Å². The molecule has 2 rings (SSSR count). The highest BCUT2D eigenvalue weighted by Gasteiger charge is 2.15. The number of hydrogen-bond donors (Lipinski definition) is 1. The molecule has 1 aromatic carbocycles. The summed E-state index contributed by atoms with van der Waals surface area (Å²) in [6.07, 6.45) is 5.34. The Hall–Kier alpha value is -1.46. The first-order valence-electron chi connectivity index (χ1n) is 6.30. The van der Waals surface area contributed by atoms with E-state index in [1.165, 1.54) is 25.7 Å². The summed E-state index contributed by atoms with van der Waals surface area (Å²) >= 11 is 0. The van der Waals surface area contributed by atoms with Crippen molar-refractivity contribution < 1.29 is 4.74 Å². The summed E-state index contributed by atoms with van der Waals surface area (Å²) in [6.45, 7) is 1.24. The second-order valence-electron chi connectivity index (χ2n) is 4.50. The lowest BCUT2D eigenvalue weighted by Gasteiger charge is -2.11. The fourth-order valence-corrected chi connectivity index (χ4v) is 2.21. The Bertz CT molecular complexity index is 410. The van der Waals surface area contributed by atoms with Gasteiger partial charge in [0, 0.05) is 5.56 Å². The standard InChI is InChI=1S/C15H19NO/c16-10-4-8-13-7-3-9-15(11-13)17-12-14-5-1-2-6-14/h3,7,9,11,14H,1-2,5-6,10,12,16H2. The average molecular weight is 229 g/mol. The van der Waals surface area contributed by atoms with Crippen LogP contribution in [0, 0.1) is 17.8 Å². The Morgan fingerprint density at radius 3 is 2.88 bits per heavy atom. The van der Waals surface area contributed by atoms with Gasteiger partial charge in [0.15, 0.2) is 0 Å². The molecular formula is C15H19NO. The molecule has 1 aromatic rings. The van der Waals surface area contributed by atoms with E-state index in [1.807, 2.05) is 24.3 Å². The molecule has 0 atom stereocenters. The molecule has 0 unspecified atom stereocenters.